The molecule has 0 radical (unpaired) electrons. The van der Waals surface area contributed by atoms with Crippen LogP contribution in [0.15, 0.2) is 30.3 Å². The smallest absolute Gasteiger partial charge is 0.309 e. The first-order chi connectivity index (χ1) is 7.74. The van der Waals surface area contributed by atoms with Crippen molar-refractivity contribution >= 4 is 11.8 Å². The van der Waals surface area contributed by atoms with E-state index >= 15 is 0 Å². The van der Waals surface area contributed by atoms with E-state index in [4.69, 9.17) is 4.74 Å². The number of amides is 2. The highest BCUT2D eigenvalue weighted by Crippen LogP contribution is 2.07. The van der Waals surface area contributed by atoms with E-state index in [9.17, 15) is 9.59 Å². The van der Waals surface area contributed by atoms with Gasteiger partial charge in [0.1, 0.15) is 12.4 Å². The zero-order valence-electron chi connectivity index (χ0n) is 9.03. The molecule has 0 bridgehead atoms. The Morgan fingerprint density at radius 1 is 1.19 bits per heavy atom. The van der Waals surface area contributed by atoms with Crippen LogP contribution in [0.3, 0.4) is 0 Å². The molecule has 0 heterocycles. The molecule has 5 heteroatoms. The van der Waals surface area contributed by atoms with Crippen molar-refractivity contribution in [3.63, 3.8) is 0 Å². The van der Waals surface area contributed by atoms with Gasteiger partial charge in [0.15, 0.2) is 0 Å². The number of para-hydroxylation sites is 1. The van der Waals surface area contributed by atoms with Crippen molar-refractivity contribution < 1.29 is 14.3 Å². The maximum Gasteiger partial charge on any atom is 0.309 e. The lowest BCUT2D eigenvalue weighted by Gasteiger charge is -2.06. The molecule has 2 amide bonds. The van der Waals surface area contributed by atoms with Gasteiger partial charge >= 0.3 is 11.8 Å². The largest absolute Gasteiger partial charge is 0.492 e. The number of carbonyl (C=O) groups is 2. The summed E-state index contributed by atoms with van der Waals surface area (Å²) >= 11 is 0. The van der Waals surface area contributed by atoms with Crippen LogP contribution in [-0.2, 0) is 9.59 Å². The molecule has 0 unspecified atom stereocenters. The van der Waals surface area contributed by atoms with Crippen LogP contribution >= 0.6 is 0 Å². The maximum atomic E-state index is 11.0. The second kappa shape index (κ2) is 6.44. The molecule has 0 saturated carbocycles. The molecule has 0 aliphatic carbocycles. The Labute approximate surface area is 93.8 Å². The highest BCUT2D eigenvalue weighted by molar-refractivity contribution is 6.34. The summed E-state index contributed by atoms with van der Waals surface area (Å²) in [5.41, 5.74) is 0. The third kappa shape index (κ3) is 4.00. The Morgan fingerprint density at radius 2 is 1.88 bits per heavy atom. The minimum Gasteiger partial charge on any atom is -0.492 e. The third-order valence-corrected chi connectivity index (χ3v) is 1.83. The van der Waals surface area contributed by atoms with Crippen molar-refractivity contribution in [3.05, 3.63) is 30.3 Å². The van der Waals surface area contributed by atoms with E-state index in [0.717, 1.165) is 5.75 Å². The van der Waals surface area contributed by atoms with E-state index in [1.54, 1.807) is 0 Å². The number of benzene rings is 1. The summed E-state index contributed by atoms with van der Waals surface area (Å²) in [6, 6.07) is 9.25. The minimum absolute atomic E-state index is 0.293. The van der Waals surface area contributed by atoms with Crippen molar-refractivity contribution in [3.8, 4) is 5.75 Å². The molecule has 0 saturated heterocycles. The number of rotatable bonds is 4. The van der Waals surface area contributed by atoms with Gasteiger partial charge in [0.05, 0.1) is 6.54 Å². The van der Waals surface area contributed by atoms with E-state index in [2.05, 4.69) is 10.6 Å². The summed E-state index contributed by atoms with van der Waals surface area (Å²) in [5.74, 6) is -0.574. The molecule has 86 valence electrons. The predicted molar refractivity (Wildman–Crippen MR) is 59.0 cm³/mol. The molecule has 0 aliphatic rings. The highest BCUT2D eigenvalue weighted by atomic mass is 16.5. The summed E-state index contributed by atoms with van der Waals surface area (Å²) < 4.78 is 5.32. The summed E-state index contributed by atoms with van der Waals surface area (Å²) in [7, 11) is 1.41. The fourth-order valence-electron chi connectivity index (χ4n) is 1.04. The Bertz CT molecular complexity index is 352. The second-order valence-corrected chi connectivity index (χ2v) is 3.00. The summed E-state index contributed by atoms with van der Waals surface area (Å²) in [6.07, 6.45) is 0. The van der Waals surface area contributed by atoms with E-state index < -0.39 is 11.8 Å². The topological polar surface area (TPSA) is 67.4 Å². The monoisotopic (exact) mass is 222 g/mol. The van der Waals surface area contributed by atoms with Crippen molar-refractivity contribution in [1.82, 2.24) is 10.6 Å². The van der Waals surface area contributed by atoms with E-state index in [-0.39, 0.29) is 0 Å². The van der Waals surface area contributed by atoms with Gasteiger partial charge in [-0.2, -0.15) is 0 Å². The molecule has 2 N–H and O–H groups in total. The number of ether oxygens (including phenoxy) is 1. The van der Waals surface area contributed by atoms with Crippen LogP contribution < -0.4 is 15.4 Å². The summed E-state index contributed by atoms with van der Waals surface area (Å²) in [5, 5.41) is 4.66. The Kier molecular flexibility index (Phi) is 4.85. The number of carbonyl (C=O) groups excluding carboxylic acids is 2. The lowest BCUT2D eigenvalue weighted by Crippen LogP contribution is -2.39. The predicted octanol–water partition coefficient (Wildman–Crippen LogP) is -0.0724. The number of likely N-dealkylation sites (N-methyl/N-ethyl adjacent to an activating group) is 1. The van der Waals surface area contributed by atoms with E-state index in [0.29, 0.717) is 13.2 Å². The van der Waals surface area contributed by atoms with Crippen LogP contribution in [0.4, 0.5) is 0 Å². The average Bonchev–Trinajstić information content (AvgIpc) is 2.34. The van der Waals surface area contributed by atoms with E-state index in [1.807, 2.05) is 30.3 Å². The fourth-order valence-corrected chi connectivity index (χ4v) is 1.04. The van der Waals surface area contributed by atoms with Gasteiger partial charge in [0, 0.05) is 7.05 Å². The quantitative estimate of drug-likeness (QED) is 0.553. The molecule has 5 nitrogen and oxygen atoms in total. The fraction of sp³-hybridized carbons (Fsp3) is 0.273. The van der Waals surface area contributed by atoms with Crippen molar-refractivity contribution in [2.75, 3.05) is 20.2 Å². The van der Waals surface area contributed by atoms with Gasteiger partial charge in [-0.3, -0.25) is 9.59 Å². The zero-order valence-corrected chi connectivity index (χ0v) is 9.03. The Morgan fingerprint density at radius 3 is 2.50 bits per heavy atom. The maximum absolute atomic E-state index is 11.0. The van der Waals surface area contributed by atoms with Gasteiger partial charge in [-0.25, -0.2) is 0 Å². The van der Waals surface area contributed by atoms with Crippen LogP contribution in [0.25, 0.3) is 0 Å². The SMILES string of the molecule is CNC(=O)C(=O)NCCOc1ccccc1. The molecule has 0 fully saturated rings. The molecule has 0 spiro atoms. The molecule has 16 heavy (non-hydrogen) atoms. The zero-order chi connectivity index (χ0) is 11.8. The lowest BCUT2D eigenvalue weighted by molar-refractivity contribution is -0.138. The van der Waals surface area contributed by atoms with Crippen LogP contribution in [0.1, 0.15) is 0 Å². The molecule has 0 atom stereocenters. The normalized spacial score (nSPS) is 9.31. The molecule has 0 aliphatic heterocycles. The minimum atomic E-state index is -0.654. The standard InChI is InChI=1S/C11H14N2O3/c1-12-10(14)11(15)13-7-8-16-9-5-3-2-4-6-9/h2-6H,7-8H2,1H3,(H,12,14)(H,13,15). The van der Waals surface area contributed by atoms with E-state index in [1.165, 1.54) is 7.05 Å². The van der Waals surface area contributed by atoms with Gasteiger partial charge in [-0.1, -0.05) is 18.2 Å². The van der Waals surface area contributed by atoms with Crippen molar-refractivity contribution in [1.29, 1.82) is 0 Å². The molecule has 1 rings (SSSR count). The molecule has 1 aromatic rings. The van der Waals surface area contributed by atoms with Gasteiger partial charge in [0.2, 0.25) is 0 Å². The average molecular weight is 222 g/mol. The first-order valence-electron chi connectivity index (χ1n) is 4.92. The number of hydrogen-bond donors (Lipinski definition) is 2. The van der Waals surface area contributed by atoms with Crippen LogP contribution in [0, 0.1) is 0 Å². The first-order valence-corrected chi connectivity index (χ1v) is 4.92. The Balaban J connectivity index is 2.17. The van der Waals surface area contributed by atoms with Crippen LogP contribution in [-0.4, -0.2) is 32.0 Å². The van der Waals surface area contributed by atoms with Gasteiger partial charge in [0.25, 0.3) is 0 Å². The number of nitrogens with one attached hydrogen (secondary N) is 2. The lowest BCUT2D eigenvalue weighted by atomic mass is 10.3. The third-order valence-electron chi connectivity index (χ3n) is 1.83. The second-order valence-electron chi connectivity index (χ2n) is 3.00. The first kappa shape index (κ1) is 12.0. The molecule has 0 aromatic heterocycles. The number of hydrogen-bond acceptors (Lipinski definition) is 3. The van der Waals surface area contributed by atoms with Gasteiger partial charge in [-0.15, -0.1) is 0 Å². The van der Waals surface area contributed by atoms with Crippen molar-refractivity contribution in [2.24, 2.45) is 0 Å². The molecular weight excluding hydrogens is 208 g/mol. The van der Waals surface area contributed by atoms with Crippen LogP contribution in [0.2, 0.25) is 0 Å². The summed E-state index contributed by atoms with van der Waals surface area (Å²) in [6.45, 7) is 0.619. The summed E-state index contributed by atoms with van der Waals surface area (Å²) in [4.78, 5) is 21.8. The van der Waals surface area contributed by atoms with Gasteiger partial charge in [-0.05, 0) is 12.1 Å². The van der Waals surface area contributed by atoms with Crippen LogP contribution in [0.5, 0.6) is 5.75 Å². The molecular formula is C11H14N2O3. The molecule has 1 aromatic carbocycles. The Hall–Kier alpha value is -2.04. The highest BCUT2D eigenvalue weighted by Gasteiger charge is 2.09. The van der Waals surface area contributed by atoms with Gasteiger partial charge < -0.3 is 15.4 Å². The van der Waals surface area contributed by atoms with Crippen molar-refractivity contribution in [2.45, 2.75) is 0 Å².